The Kier molecular flexibility index (Phi) is 8.45. The number of nitrogens with zero attached hydrogens (tertiary/aromatic N) is 2. The molecule has 1 atom stereocenters. The molecule has 2 fully saturated rings. The zero-order chi connectivity index (χ0) is 24.2. The van der Waals surface area contributed by atoms with Crippen molar-refractivity contribution in [3.8, 4) is 0 Å². The Morgan fingerprint density at radius 1 is 1.18 bits per heavy atom. The van der Waals surface area contributed by atoms with Gasteiger partial charge in [-0.1, -0.05) is 50.6 Å². The number of carbonyl (C=O) groups is 2. The smallest absolute Gasteiger partial charge is 0.247 e. The number of carbonyl (C=O) groups excluding carboxylic acids is 2. The monoisotopic (exact) mass is 497 g/mol. The fourth-order valence-corrected chi connectivity index (χ4v) is 6.69. The average Bonchev–Trinajstić information content (AvgIpc) is 2.70. The first-order chi connectivity index (χ1) is 15.6. The van der Waals surface area contributed by atoms with Crippen molar-refractivity contribution in [3.63, 3.8) is 0 Å². The molecular formula is C24H36ClN3O4S. The Balaban J connectivity index is 1.98. The fourth-order valence-electron chi connectivity index (χ4n) is 4.94. The third-order valence-electron chi connectivity index (χ3n) is 6.72. The van der Waals surface area contributed by atoms with Gasteiger partial charge in [0.2, 0.25) is 21.8 Å². The molecule has 1 heterocycles. The Hall–Kier alpha value is -1.64. The second-order valence-corrected chi connectivity index (χ2v) is 12.1. The number of benzene rings is 1. The van der Waals surface area contributed by atoms with Gasteiger partial charge in [0.05, 0.1) is 12.3 Å². The first kappa shape index (κ1) is 26.0. The van der Waals surface area contributed by atoms with E-state index < -0.39 is 21.5 Å². The molecule has 1 aromatic rings. The molecule has 2 aliphatic rings. The minimum Gasteiger partial charge on any atom is -0.351 e. The van der Waals surface area contributed by atoms with Crippen LogP contribution in [0.15, 0.2) is 18.2 Å². The minimum absolute atomic E-state index is 0.0283. The van der Waals surface area contributed by atoms with Crippen molar-refractivity contribution in [1.82, 2.24) is 9.62 Å². The molecule has 1 aromatic carbocycles. The highest BCUT2D eigenvalue weighted by Crippen LogP contribution is 2.34. The van der Waals surface area contributed by atoms with Gasteiger partial charge < -0.3 is 5.32 Å². The first-order valence-corrected chi connectivity index (χ1v) is 13.9. The molecule has 2 amide bonds. The molecular weight excluding hydrogens is 462 g/mol. The fraction of sp³-hybridized carbons (Fsp3) is 0.667. The van der Waals surface area contributed by atoms with Gasteiger partial charge in [-0.2, -0.15) is 4.31 Å². The quantitative estimate of drug-likeness (QED) is 0.643. The molecule has 1 N–H and O–H groups in total. The zero-order valence-electron chi connectivity index (χ0n) is 19.9. The molecule has 0 aromatic heterocycles. The molecule has 3 rings (SSSR count). The second kappa shape index (κ2) is 10.7. The summed E-state index contributed by atoms with van der Waals surface area (Å²) in [5.74, 6) is -0.783. The lowest BCUT2D eigenvalue weighted by molar-refractivity contribution is -0.133. The maximum absolute atomic E-state index is 13.8. The second-order valence-electron chi connectivity index (χ2n) is 9.53. The zero-order valence-corrected chi connectivity index (χ0v) is 21.5. The van der Waals surface area contributed by atoms with Crippen LogP contribution in [-0.2, 0) is 19.6 Å². The summed E-state index contributed by atoms with van der Waals surface area (Å²) in [6, 6.07) is 5.19. The maximum atomic E-state index is 13.8. The van der Waals surface area contributed by atoms with Crippen LogP contribution in [0.2, 0.25) is 5.02 Å². The van der Waals surface area contributed by atoms with Gasteiger partial charge in [0.25, 0.3) is 0 Å². The Morgan fingerprint density at radius 2 is 1.82 bits per heavy atom. The van der Waals surface area contributed by atoms with E-state index >= 15 is 0 Å². The molecule has 1 saturated heterocycles. The Bertz CT molecular complexity index is 976. The summed E-state index contributed by atoms with van der Waals surface area (Å²) in [6.45, 7) is 4.93. The molecule has 1 saturated carbocycles. The highest BCUT2D eigenvalue weighted by molar-refractivity contribution is 7.89. The van der Waals surface area contributed by atoms with Gasteiger partial charge in [-0.05, 0) is 56.9 Å². The molecule has 7 nitrogen and oxygen atoms in total. The van der Waals surface area contributed by atoms with Crippen molar-refractivity contribution >= 4 is 39.1 Å². The van der Waals surface area contributed by atoms with Crippen molar-refractivity contribution in [3.05, 3.63) is 28.8 Å². The van der Waals surface area contributed by atoms with Gasteiger partial charge in [-0.25, -0.2) is 8.42 Å². The van der Waals surface area contributed by atoms with E-state index in [2.05, 4.69) is 5.32 Å². The van der Waals surface area contributed by atoms with Crippen LogP contribution in [-0.4, -0.2) is 55.0 Å². The summed E-state index contributed by atoms with van der Waals surface area (Å²) in [6.07, 6.45) is 7.87. The van der Waals surface area contributed by atoms with Crippen molar-refractivity contribution in [1.29, 1.82) is 0 Å². The van der Waals surface area contributed by atoms with Crippen LogP contribution in [0.4, 0.5) is 5.69 Å². The summed E-state index contributed by atoms with van der Waals surface area (Å²) in [7, 11) is -3.65. The summed E-state index contributed by atoms with van der Waals surface area (Å²) >= 11 is 6.13. The van der Waals surface area contributed by atoms with Crippen LogP contribution in [0, 0.1) is 6.92 Å². The van der Waals surface area contributed by atoms with Crippen LogP contribution >= 0.6 is 11.6 Å². The number of sulfonamides is 1. The number of halogens is 1. The maximum Gasteiger partial charge on any atom is 0.247 e. The molecule has 0 bridgehead atoms. The summed E-state index contributed by atoms with van der Waals surface area (Å²) < 4.78 is 26.9. The van der Waals surface area contributed by atoms with E-state index in [1.165, 1.54) is 15.6 Å². The van der Waals surface area contributed by atoms with Crippen LogP contribution in [0.25, 0.3) is 0 Å². The van der Waals surface area contributed by atoms with E-state index in [4.69, 9.17) is 11.6 Å². The van der Waals surface area contributed by atoms with Gasteiger partial charge in [0.1, 0.15) is 5.54 Å². The van der Waals surface area contributed by atoms with E-state index in [0.717, 1.165) is 44.1 Å². The molecule has 1 aliphatic carbocycles. The lowest BCUT2D eigenvalue weighted by Gasteiger charge is -2.47. The van der Waals surface area contributed by atoms with Crippen molar-refractivity contribution < 1.29 is 18.0 Å². The summed E-state index contributed by atoms with van der Waals surface area (Å²) in [5, 5.41) is 3.71. The van der Waals surface area contributed by atoms with E-state index in [1.54, 1.807) is 32.0 Å². The number of anilines is 1. The highest BCUT2D eigenvalue weighted by atomic mass is 35.5. The topological polar surface area (TPSA) is 86.8 Å². The van der Waals surface area contributed by atoms with Crippen LogP contribution in [0.5, 0.6) is 0 Å². The molecule has 0 spiro atoms. The van der Waals surface area contributed by atoms with Gasteiger partial charge in [-0.3, -0.25) is 14.5 Å². The predicted molar refractivity (Wildman–Crippen MR) is 132 cm³/mol. The van der Waals surface area contributed by atoms with Gasteiger partial charge in [0, 0.05) is 23.3 Å². The third-order valence-corrected chi connectivity index (χ3v) is 8.93. The van der Waals surface area contributed by atoms with E-state index in [0.29, 0.717) is 17.1 Å². The van der Waals surface area contributed by atoms with E-state index in [-0.39, 0.29) is 30.8 Å². The number of hydrogen-bond donors (Lipinski definition) is 1. The minimum atomic E-state index is -3.65. The molecule has 33 heavy (non-hydrogen) atoms. The number of hydrogen-bond acceptors (Lipinski definition) is 4. The van der Waals surface area contributed by atoms with Crippen LogP contribution < -0.4 is 10.2 Å². The molecule has 184 valence electrons. The largest absolute Gasteiger partial charge is 0.351 e. The molecule has 0 unspecified atom stereocenters. The van der Waals surface area contributed by atoms with Crippen LogP contribution in [0.3, 0.4) is 0 Å². The van der Waals surface area contributed by atoms with Crippen molar-refractivity contribution in [2.24, 2.45) is 0 Å². The van der Waals surface area contributed by atoms with E-state index in [9.17, 15) is 18.0 Å². The number of aryl methyl sites for hydroxylation is 1. The number of nitrogens with one attached hydrogen (secondary N) is 1. The van der Waals surface area contributed by atoms with Crippen LogP contribution in [0.1, 0.15) is 70.8 Å². The molecule has 9 heteroatoms. The highest BCUT2D eigenvalue weighted by Gasteiger charge is 2.51. The Morgan fingerprint density at radius 3 is 2.42 bits per heavy atom. The van der Waals surface area contributed by atoms with Gasteiger partial charge in [0.15, 0.2) is 0 Å². The standard InChI is InChI=1S/C24H36ClN3O4S/c1-4-14-33(31,32)27-16-22(29)28(21-13-12-19(25)15-18(21)2)24(3,17-27)23(30)26-20-10-8-6-5-7-9-11-20/h12-13,15,20H,4-11,14,16-17H2,1-3H3,(H,26,30)/t24-/m1/s1. The summed E-state index contributed by atoms with van der Waals surface area (Å²) in [4.78, 5) is 28.7. The molecule has 0 radical (unpaired) electrons. The lowest BCUT2D eigenvalue weighted by Crippen LogP contribution is -2.71. The summed E-state index contributed by atoms with van der Waals surface area (Å²) in [5.41, 5.74) is -0.0464. The number of amides is 2. The molecule has 1 aliphatic heterocycles. The lowest BCUT2D eigenvalue weighted by atomic mass is 9.91. The third kappa shape index (κ3) is 5.89. The van der Waals surface area contributed by atoms with E-state index in [1.807, 2.05) is 6.92 Å². The predicted octanol–water partition coefficient (Wildman–Crippen LogP) is 4.02. The van der Waals surface area contributed by atoms with Gasteiger partial charge >= 0.3 is 0 Å². The van der Waals surface area contributed by atoms with Crippen molar-refractivity contribution in [2.75, 3.05) is 23.7 Å². The normalized spacial score (nSPS) is 23.8. The van der Waals surface area contributed by atoms with Gasteiger partial charge in [-0.15, -0.1) is 0 Å². The number of rotatable bonds is 6. The number of piperazine rings is 1. The first-order valence-electron chi connectivity index (χ1n) is 12.0. The van der Waals surface area contributed by atoms with Crippen molar-refractivity contribution in [2.45, 2.75) is 83.7 Å². The Labute approximate surface area is 202 Å². The SMILES string of the molecule is CCCS(=O)(=O)N1CC(=O)N(c2ccc(Cl)cc2C)[C@@](C)(C(=O)NC2CCCCCCC2)C1. The average molecular weight is 498 g/mol.